The summed E-state index contributed by atoms with van der Waals surface area (Å²) in [7, 11) is 0. The van der Waals surface area contributed by atoms with Crippen LogP contribution < -0.4 is 10.1 Å². The van der Waals surface area contributed by atoms with Gasteiger partial charge >= 0.3 is 5.97 Å². The molecule has 0 heterocycles. The van der Waals surface area contributed by atoms with Crippen molar-refractivity contribution in [2.75, 3.05) is 11.9 Å². The lowest BCUT2D eigenvalue weighted by Gasteiger charge is -2.14. The molecule has 0 bridgehead atoms. The summed E-state index contributed by atoms with van der Waals surface area (Å²) in [5.74, 6) is -1.22. The number of aryl methyl sites for hydroxylation is 1. The molecule has 5 nitrogen and oxygen atoms in total. The van der Waals surface area contributed by atoms with Crippen LogP contribution in [0.4, 0.5) is 10.1 Å². The van der Waals surface area contributed by atoms with Crippen molar-refractivity contribution < 1.29 is 23.5 Å². The molecule has 0 radical (unpaired) electrons. The molecular weight excluding hydrogens is 393 g/mol. The summed E-state index contributed by atoms with van der Waals surface area (Å²) in [4.78, 5) is 23.8. The van der Waals surface area contributed by atoms with E-state index in [2.05, 4.69) is 21.2 Å². The highest BCUT2D eigenvalue weighted by molar-refractivity contribution is 9.10. The molecule has 2 aromatic carbocycles. The standard InChI is InChI=1S/C18H17BrFNO4/c1-11-6-7-16(15(19)8-11)24-10-17(22)25-12(2)18(23)21-14-5-3-4-13(20)9-14/h3-9,12H,10H2,1-2H3,(H,21,23)/t12-/m1/s1. The SMILES string of the molecule is Cc1ccc(OCC(=O)O[C@H](C)C(=O)Nc2cccc(F)c2)c(Br)c1. The monoisotopic (exact) mass is 409 g/mol. The Morgan fingerprint density at radius 2 is 2.00 bits per heavy atom. The number of anilines is 1. The van der Waals surface area contributed by atoms with Gasteiger partial charge in [0.1, 0.15) is 11.6 Å². The molecule has 1 amide bonds. The van der Waals surface area contributed by atoms with Gasteiger partial charge in [-0.3, -0.25) is 4.79 Å². The van der Waals surface area contributed by atoms with E-state index in [0.717, 1.165) is 10.0 Å². The summed E-state index contributed by atoms with van der Waals surface area (Å²) in [6.07, 6.45) is -1.04. The molecule has 2 rings (SSSR count). The topological polar surface area (TPSA) is 64.6 Å². The van der Waals surface area contributed by atoms with Gasteiger partial charge in [-0.05, 0) is 65.7 Å². The number of amides is 1. The van der Waals surface area contributed by atoms with Crippen molar-refractivity contribution in [2.24, 2.45) is 0 Å². The minimum Gasteiger partial charge on any atom is -0.481 e. The van der Waals surface area contributed by atoms with Crippen LogP contribution >= 0.6 is 15.9 Å². The second-order valence-corrected chi connectivity index (χ2v) is 6.21. The van der Waals surface area contributed by atoms with Crippen LogP contribution in [0.5, 0.6) is 5.75 Å². The maximum absolute atomic E-state index is 13.1. The van der Waals surface area contributed by atoms with Crippen LogP contribution in [-0.4, -0.2) is 24.6 Å². The zero-order chi connectivity index (χ0) is 18.4. The van der Waals surface area contributed by atoms with Crippen molar-refractivity contribution in [3.8, 4) is 5.75 Å². The van der Waals surface area contributed by atoms with Crippen molar-refractivity contribution in [3.05, 3.63) is 58.3 Å². The van der Waals surface area contributed by atoms with Gasteiger partial charge in [-0.15, -0.1) is 0 Å². The number of halogens is 2. The fourth-order valence-corrected chi connectivity index (χ4v) is 2.56. The number of benzene rings is 2. The van der Waals surface area contributed by atoms with Crippen molar-refractivity contribution in [1.82, 2.24) is 0 Å². The van der Waals surface area contributed by atoms with E-state index in [4.69, 9.17) is 9.47 Å². The molecule has 0 saturated carbocycles. The number of nitrogens with one attached hydrogen (secondary N) is 1. The predicted octanol–water partition coefficient (Wildman–Crippen LogP) is 3.85. The summed E-state index contributed by atoms with van der Waals surface area (Å²) >= 11 is 3.34. The molecule has 0 fully saturated rings. The highest BCUT2D eigenvalue weighted by atomic mass is 79.9. The Labute approximate surface area is 153 Å². The maximum Gasteiger partial charge on any atom is 0.344 e. The van der Waals surface area contributed by atoms with Crippen LogP contribution in [0.3, 0.4) is 0 Å². The van der Waals surface area contributed by atoms with Gasteiger partial charge in [0.05, 0.1) is 4.47 Å². The lowest BCUT2D eigenvalue weighted by Crippen LogP contribution is -2.31. The summed E-state index contributed by atoms with van der Waals surface area (Å²) in [5.41, 5.74) is 1.33. The van der Waals surface area contributed by atoms with Crippen LogP contribution in [0.15, 0.2) is 46.9 Å². The molecule has 0 spiro atoms. The number of carbonyl (C=O) groups excluding carboxylic acids is 2. The van der Waals surface area contributed by atoms with Gasteiger partial charge in [0.15, 0.2) is 12.7 Å². The number of carbonyl (C=O) groups is 2. The van der Waals surface area contributed by atoms with Crippen LogP contribution in [-0.2, 0) is 14.3 Å². The van der Waals surface area contributed by atoms with Crippen molar-refractivity contribution >= 4 is 33.5 Å². The van der Waals surface area contributed by atoms with E-state index in [0.29, 0.717) is 5.75 Å². The van der Waals surface area contributed by atoms with Gasteiger partial charge < -0.3 is 14.8 Å². The van der Waals surface area contributed by atoms with Gasteiger partial charge in [0, 0.05) is 5.69 Å². The Kier molecular flexibility index (Phi) is 6.52. The van der Waals surface area contributed by atoms with Crippen LogP contribution in [0.25, 0.3) is 0 Å². The van der Waals surface area contributed by atoms with E-state index >= 15 is 0 Å². The number of esters is 1. The number of ether oxygens (including phenoxy) is 2. The molecule has 25 heavy (non-hydrogen) atoms. The molecule has 0 aliphatic heterocycles. The van der Waals surface area contributed by atoms with Crippen LogP contribution in [0, 0.1) is 12.7 Å². The van der Waals surface area contributed by atoms with E-state index < -0.39 is 23.8 Å². The Hall–Kier alpha value is -2.41. The van der Waals surface area contributed by atoms with E-state index in [1.54, 1.807) is 6.07 Å². The zero-order valence-corrected chi connectivity index (χ0v) is 15.3. The number of hydrogen-bond acceptors (Lipinski definition) is 4. The first-order valence-electron chi connectivity index (χ1n) is 7.50. The predicted molar refractivity (Wildman–Crippen MR) is 95.0 cm³/mol. The first kappa shape index (κ1) is 18.9. The second-order valence-electron chi connectivity index (χ2n) is 5.35. The second kappa shape index (κ2) is 8.62. The average Bonchev–Trinajstić information content (AvgIpc) is 2.54. The number of rotatable bonds is 6. The van der Waals surface area contributed by atoms with Gasteiger partial charge in [-0.2, -0.15) is 0 Å². The zero-order valence-electron chi connectivity index (χ0n) is 13.7. The van der Waals surface area contributed by atoms with Gasteiger partial charge in [-0.1, -0.05) is 12.1 Å². The van der Waals surface area contributed by atoms with E-state index in [1.807, 2.05) is 19.1 Å². The van der Waals surface area contributed by atoms with Crippen LogP contribution in [0.1, 0.15) is 12.5 Å². The smallest absolute Gasteiger partial charge is 0.344 e. The first-order valence-corrected chi connectivity index (χ1v) is 8.29. The molecule has 0 aliphatic carbocycles. The Morgan fingerprint density at radius 3 is 2.68 bits per heavy atom. The molecule has 7 heteroatoms. The Balaban J connectivity index is 1.83. The van der Waals surface area contributed by atoms with E-state index in [-0.39, 0.29) is 12.3 Å². The third kappa shape index (κ3) is 5.86. The minimum absolute atomic E-state index is 0.285. The summed E-state index contributed by atoms with van der Waals surface area (Å²) in [6.45, 7) is 3.02. The summed E-state index contributed by atoms with van der Waals surface area (Å²) in [5, 5.41) is 2.47. The molecular formula is C18H17BrFNO4. The van der Waals surface area contributed by atoms with Crippen molar-refractivity contribution in [1.29, 1.82) is 0 Å². The molecule has 1 atom stereocenters. The summed E-state index contributed by atoms with van der Waals surface area (Å²) < 4.78 is 24.2. The van der Waals surface area contributed by atoms with Crippen LogP contribution in [0.2, 0.25) is 0 Å². The maximum atomic E-state index is 13.1. The fraction of sp³-hybridized carbons (Fsp3) is 0.222. The highest BCUT2D eigenvalue weighted by Gasteiger charge is 2.18. The molecule has 0 saturated heterocycles. The van der Waals surface area contributed by atoms with E-state index in [9.17, 15) is 14.0 Å². The molecule has 0 aromatic heterocycles. The highest BCUT2D eigenvalue weighted by Crippen LogP contribution is 2.25. The minimum atomic E-state index is -1.04. The molecule has 132 valence electrons. The molecule has 1 N–H and O–H groups in total. The van der Waals surface area contributed by atoms with Gasteiger partial charge in [0.2, 0.25) is 0 Å². The van der Waals surface area contributed by atoms with Gasteiger partial charge in [-0.25, -0.2) is 9.18 Å². The fourth-order valence-electron chi connectivity index (χ4n) is 1.95. The molecule has 0 unspecified atom stereocenters. The van der Waals surface area contributed by atoms with Crippen molar-refractivity contribution in [2.45, 2.75) is 20.0 Å². The lowest BCUT2D eigenvalue weighted by molar-refractivity contribution is -0.155. The largest absolute Gasteiger partial charge is 0.481 e. The third-order valence-electron chi connectivity index (χ3n) is 3.20. The normalized spacial score (nSPS) is 11.5. The van der Waals surface area contributed by atoms with Gasteiger partial charge in [0.25, 0.3) is 5.91 Å². The molecule has 0 aliphatic rings. The quantitative estimate of drug-likeness (QED) is 0.735. The van der Waals surface area contributed by atoms with Crippen molar-refractivity contribution in [3.63, 3.8) is 0 Å². The lowest BCUT2D eigenvalue weighted by atomic mass is 10.2. The summed E-state index contributed by atoms with van der Waals surface area (Å²) in [6, 6.07) is 10.9. The molecule has 2 aromatic rings. The third-order valence-corrected chi connectivity index (χ3v) is 3.82. The number of hydrogen-bond donors (Lipinski definition) is 1. The Bertz CT molecular complexity index is 781. The Morgan fingerprint density at radius 1 is 1.24 bits per heavy atom. The first-order chi connectivity index (χ1) is 11.8. The van der Waals surface area contributed by atoms with E-state index in [1.165, 1.54) is 31.2 Å². The average molecular weight is 410 g/mol.